The Balaban J connectivity index is 1.72. The van der Waals surface area contributed by atoms with Crippen LogP contribution in [0, 0.1) is 0 Å². The van der Waals surface area contributed by atoms with Gasteiger partial charge < -0.3 is 18.9 Å². The van der Waals surface area contributed by atoms with E-state index in [1.165, 1.54) is 5.39 Å². The van der Waals surface area contributed by atoms with Crippen molar-refractivity contribution < 1.29 is 18.9 Å². The van der Waals surface area contributed by atoms with Crippen LogP contribution in [0.25, 0.3) is 10.8 Å². The lowest BCUT2D eigenvalue weighted by atomic mass is 9.98. The maximum Gasteiger partial charge on any atom is 0.192 e. The van der Waals surface area contributed by atoms with Gasteiger partial charge >= 0.3 is 0 Å². The fraction of sp³-hybridized carbons (Fsp3) is 0.545. The minimum absolute atomic E-state index is 0.0733. The normalized spacial score (nSPS) is 33.0. The highest BCUT2D eigenvalue weighted by Crippen LogP contribution is 2.40. The zero-order valence-corrected chi connectivity index (χ0v) is 16.4. The second-order valence-electron chi connectivity index (χ2n) is 7.96. The SMILES string of the molecule is C[C@H]1OC(C)(c2ccc3ccc(C4(C)O[C@H](C)[C@@H](C)O4)cc3c2)O[C@@H]1C. The van der Waals surface area contributed by atoms with Crippen LogP contribution < -0.4 is 0 Å². The van der Waals surface area contributed by atoms with Crippen molar-refractivity contribution >= 4 is 10.8 Å². The Labute approximate surface area is 155 Å². The molecule has 2 aliphatic heterocycles. The molecular formula is C22H28O4. The second-order valence-corrected chi connectivity index (χ2v) is 7.96. The average molecular weight is 356 g/mol. The molecule has 4 atom stereocenters. The average Bonchev–Trinajstić information content (AvgIpc) is 3.02. The summed E-state index contributed by atoms with van der Waals surface area (Å²) in [6, 6.07) is 12.7. The molecule has 2 aliphatic rings. The summed E-state index contributed by atoms with van der Waals surface area (Å²) in [4.78, 5) is 0. The first-order valence-corrected chi connectivity index (χ1v) is 9.46. The van der Waals surface area contributed by atoms with Crippen molar-refractivity contribution in [2.24, 2.45) is 0 Å². The van der Waals surface area contributed by atoms with E-state index in [2.05, 4.69) is 36.4 Å². The zero-order chi connectivity index (χ0) is 18.7. The first kappa shape index (κ1) is 17.9. The highest BCUT2D eigenvalue weighted by Gasteiger charge is 2.43. The van der Waals surface area contributed by atoms with Crippen LogP contribution in [0.4, 0.5) is 0 Å². The first-order valence-electron chi connectivity index (χ1n) is 9.46. The van der Waals surface area contributed by atoms with Gasteiger partial charge in [-0.15, -0.1) is 0 Å². The van der Waals surface area contributed by atoms with Crippen LogP contribution >= 0.6 is 0 Å². The highest BCUT2D eigenvalue weighted by atomic mass is 16.8. The predicted molar refractivity (Wildman–Crippen MR) is 101 cm³/mol. The lowest BCUT2D eigenvalue weighted by Gasteiger charge is -2.26. The molecule has 0 bridgehead atoms. The quantitative estimate of drug-likeness (QED) is 0.772. The van der Waals surface area contributed by atoms with E-state index in [1.807, 2.05) is 41.5 Å². The Morgan fingerprint density at radius 3 is 1.27 bits per heavy atom. The van der Waals surface area contributed by atoms with Gasteiger partial charge in [0.25, 0.3) is 0 Å². The molecule has 2 saturated heterocycles. The van der Waals surface area contributed by atoms with Crippen molar-refractivity contribution in [1.82, 2.24) is 0 Å². The molecule has 26 heavy (non-hydrogen) atoms. The largest absolute Gasteiger partial charge is 0.340 e. The smallest absolute Gasteiger partial charge is 0.192 e. The summed E-state index contributed by atoms with van der Waals surface area (Å²) in [5.41, 5.74) is 2.05. The van der Waals surface area contributed by atoms with E-state index in [0.717, 1.165) is 16.5 Å². The maximum atomic E-state index is 6.10. The Morgan fingerprint density at radius 2 is 0.923 bits per heavy atom. The van der Waals surface area contributed by atoms with Gasteiger partial charge in [0.15, 0.2) is 11.6 Å². The van der Waals surface area contributed by atoms with Gasteiger partial charge in [0.2, 0.25) is 0 Å². The molecule has 4 rings (SSSR count). The van der Waals surface area contributed by atoms with Crippen LogP contribution in [0.5, 0.6) is 0 Å². The second kappa shape index (κ2) is 6.03. The topological polar surface area (TPSA) is 36.9 Å². The van der Waals surface area contributed by atoms with Gasteiger partial charge in [-0.3, -0.25) is 0 Å². The fourth-order valence-electron chi connectivity index (χ4n) is 3.94. The molecule has 0 spiro atoms. The fourth-order valence-corrected chi connectivity index (χ4v) is 3.94. The number of rotatable bonds is 2. The van der Waals surface area contributed by atoms with E-state index in [4.69, 9.17) is 18.9 Å². The maximum absolute atomic E-state index is 6.10. The van der Waals surface area contributed by atoms with E-state index >= 15 is 0 Å². The summed E-state index contributed by atoms with van der Waals surface area (Å²) >= 11 is 0. The van der Waals surface area contributed by atoms with E-state index < -0.39 is 11.6 Å². The van der Waals surface area contributed by atoms with Crippen molar-refractivity contribution in [3.05, 3.63) is 47.5 Å². The van der Waals surface area contributed by atoms with Crippen LogP contribution in [0.3, 0.4) is 0 Å². The number of ether oxygens (including phenoxy) is 4. The third-order valence-electron chi connectivity index (χ3n) is 5.85. The van der Waals surface area contributed by atoms with E-state index in [1.54, 1.807) is 0 Å². The molecule has 0 N–H and O–H groups in total. The number of hydrogen-bond acceptors (Lipinski definition) is 4. The van der Waals surface area contributed by atoms with Crippen LogP contribution in [-0.4, -0.2) is 24.4 Å². The van der Waals surface area contributed by atoms with Gasteiger partial charge in [-0.2, -0.15) is 0 Å². The molecule has 0 radical (unpaired) electrons. The molecular weight excluding hydrogens is 328 g/mol. The van der Waals surface area contributed by atoms with Crippen molar-refractivity contribution in [2.75, 3.05) is 0 Å². The highest BCUT2D eigenvalue weighted by molar-refractivity contribution is 5.84. The van der Waals surface area contributed by atoms with Crippen LogP contribution in [-0.2, 0) is 30.5 Å². The van der Waals surface area contributed by atoms with Crippen molar-refractivity contribution in [1.29, 1.82) is 0 Å². The zero-order valence-electron chi connectivity index (χ0n) is 16.4. The lowest BCUT2D eigenvalue weighted by molar-refractivity contribution is -0.167. The Hall–Kier alpha value is -1.46. The summed E-state index contributed by atoms with van der Waals surface area (Å²) in [5.74, 6) is -1.42. The molecule has 0 aliphatic carbocycles. The first-order chi connectivity index (χ1) is 12.2. The number of hydrogen-bond donors (Lipinski definition) is 0. The third kappa shape index (κ3) is 2.85. The lowest BCUT2D eigenvalue weighted by Crippen LogP contribution is -2.24. The standard InChI is InChI=1S/C22H28O4/c1-13-14(2)24-21(5,23-13)19-9-7-17-8-10-20(12-18(17)11-19)22(6)25-15(3)16(4)26-22/h7-16H,1-6H3/t13-,14-,15-,16-/m1/s1. The molecule has 0 aromatic heterocycles. The van der Waals surface area contributed by atoms with E-state index in [9.17, 15) is 0 Å². The Bertz CT molecular complexity index is 745. The Morgan fingerprint density at radius 1 is 0.577 bits per heavy atom. The molecule has 2 heterocycles. The molecule has 0 saturated carbocycles. The van der Waals surface area contributed by atoms with Gasteiger partial charge in [0, 0.05) is 11.1 Å². The van der Waals surface area contributed by atoms with Gasteiger partial charge in [0.05, 0.1) is 24.4 Å². The molecule has 2 fully saturated rings. The van der Waals surface area contributed by atoms with Crippen molar-refractivity contribution in [3.8, 4) is 0 Å². The molecule has 0 amide bonds. The molecule has 0 unspecified atom stereocenters. The number of benzene rings is 2. The Kier molecular flexibility index (Phi) is 4.16. The van der Waals surface area contributed by atoms with E-state index in [0.29, 0.717) is 0 Å². The van der Waals surface area contributed by atoms with Gasteiger partial charge in [-0.1, -0.05) is 24.3 Å². The van der Waals surface area contributed by atoms with Crippen molar-refractivity contribution in [2.45, 2.75) is 77.5 Å². The predicted octanol–water partition coefficient (Wildman–Crippen LogP) is 4.83. The summed E-state index contributed by atoms with van der Waals surface area (Å²) in [6.07, 6.45) is 0.293. The molecule has 4 nitrogen and oxygen atoms in total. The molecule has 4 heteroatoms. The molecule has 2 aromatic carbocycles. The third-order valence-corrected chi connectivity index (χ3v) is 5.85. The van der Waals surface area contributed by atoms with Gasteiger partial charge in [-0.05, 0) is 64.4 Å². The minimum atomic E-state index is -0.712. The summed E-state index contributed by atoms with van der Waals surface area (Å²) in [6.45, 7) is 12.2. The van der Waals surface area contributed by atoms with Gasteiger partial charge in [0.1, 0.15) is 0 Å². The minimum Gasteiger partial charge on any atom is -0.340 e. The summed E-state index contributed by atoms with van der Waals surface area (Å²) < 4.78 is 24.4. The summed E-state index contributed by atoms with van der Waals surface area (Å²) in [5, 5.41) is 2.30. The van der Waals surface area contributed by atoms with Crippen LogP contribution in [0.15, 0.2) is 36.4 Å². The number of fused-ring (bicyclic) bond motifs is 1. The summed E-state index contributed by atoms with van der Waals surface area (Å²) in [7, 11) is 0. The monoisotopic (exact) mass is 356 g/mol. The molecule has 2 aromatic rings. The molecule has 140 valence electrons. The van der Waals surface area contributed by atoms with Crippen LogP contribution in [0.2, 0.25) is 0 Å². The van der Waals surface area contributed by atoms with E-state index in [-0.39, 0.29) is 24.4 Å². The van der Waals surface area contributed by atoms with Gasteiger partial charge in [-0.25, -0.2) is 0 Å². The van der Waals surface area contributed by atoms with Crippen molar-refractivity contribution in [3.63, 3.8) is 0 Å². The van der Waals surface area contributed by atoms with Crippen LogP contribution in [0.1, 0.15) is 52.7 Å².